The number of benzene rings is 2. The SMILES string of the molecule is O=C1CCc2cc(C(=O)c3cc4cc5c(cc4o3)OCO5)ccc2N1. The summed E-state index contributed by atoms with van der Waals surface area (Å²) in [5, 5.41) is 3.60. The number of ketones is 1. The lowest BCUT2D eigenvalue weighted by Gasteiger charge is -2.17. The molecule has 3 aromatic rings. The number of nitrogens with one attached hydrogen (secondary N) is 1. The van der Waals surface area contributed by atoms with Crippen LogP contribution in [0.15, 0.2) is 40.8 Å². The summed E-state index contributed by atoms with van der Waals surface area (Å²) in [5.41, 5.74) is 2.84. The molecule has 124 valence electrons. The Labute approximate surface area is 142 Å². The topological polar surface area (TPSA) is 77.8 Å². The maximum Gasteiger partial charge on any atom is 0.231 e. The van der Waals surface area contributed by atoms with E-state index in [1.165, 1.54) is 0 Å². The molecule has 3 heterocycles. The third kappa shape index (κ3) is 2.26. The van der Waals surface area contributed by atoms with Gasteiger partial charge >= 0.3 is 0 Å². The first-order valence-electron chi connectivity index (χ1n) is 7.98. The second kappa shape index (κ2) is 5.11. The standard InChI is InChI=1S/C19H13NO5/c21-18-4-2-10-5-11(1-3-13(10)20-18)19(22)17-7-12-6-15-16(24-9-23-15)8-14(12)25-17/h1,3,5-8H,2,4,9H2,(H,20,21). The average Bonchev–Trinajstić information content (AvgIpc) is 3.24. The van der Waals surface area contributed by atoms with Crippen LogP contribution in [-0.2, 0) is 11.2 Å². The van der Waals surface area contributed by atoms with Crippen LogP contribution in [0, 0.1) is 0 Å². The van der Waals surface area contributed by atoms with E-state index < -0.39 is 0 Å². The number of carbonyl (C=O) groups excluding carboxylic acids is 2. The lowest BCUT2D eigenvalue weighted by molar-refractivity contribution is -0.116. The quantitative estimate of drug-likeness (QED) is 0.727. The second-order valence-corrected chi connectivity index (χ2v) is 6.10. The van der Waals surface area contributed by atoms with Crippen LogP contribution in [0.1, 0.15) is 28.1 Å². The normalized spacial score (nSPS) is 15.1. The monoisotopic (exact) mass is 335 g/mol. The molecule has 0 spiro atoms. The molecule has 5 rings (SSSR count). The van der Waals surface area contributed by atoms with Crippen molar-refractivity contribution in [3.05, 3.63) is 53.3 Å². The average molecular weight is 335 g/mol. The molecule has 1 N–H and O–H groups in total. The van der Waals surface area contributed by atoms with E-state index in [0.717, 1.165) is 16.6 Å². The van der Waals surface area contributed by atoms with Crippen LogP contribution in [0.2, 0.25) is 0 Å². The minimum Gasteiger partial charge on any atom is -0.454 e. The second-order valence-electron chi connectivity index (χ2n) is 6.10. The molecular weight excluding hydrogens is 322 g/mol. The van der Waals surface area contributed by atoms with E-state index in [4.69, 9.17) is 13.9 Å². The maximum atomic E-state index is 12.8. The van der Waals surface area contributed by atoms with Crippen LogP contribution in [0.4, 0.5) is 5.69 Å². The van der Waals surface area contributed by atoms with Crippen LogP contribution >= 0.6 is 0 Å². The molecule has 0 fully saturated rings. The molecular formula is C19H13NO5. The molecule has 6 nitrogen and oxygen atoms in total. The Hall–Kier alpha value is -3.28. The summed E-state index contributed by atoms with van der Waals surface area (Å²) in [6.45, 7) is 0.194. The molecule has 2 aromatic carbocycles. The van der Waals surface area contributed by atoms with Gasteiger partial charge in [0.1, 0.15) is 5.58 Å². The van der Waals surface area contributed by atoms with E-state index in [1.54, 1.807) is 30.3 Å². The first kappa shape index (κ1) is 14.1. The fourth-order valence-corrected chi connectivity index (χ4v) is 3.21. The Morgan fingerprint density at radius 1 is 1.00 bits per heavy atom. The number of rotatable bonds is 2. The molecule has 6 heteroatoms. The number of hydrogen-bond acceptors (Lipinski definition) is 5. The van der Waals surface area contributed by atoms with Crippen molar-refractivity contribution in [2.24, 2.45) is 0 Å². The van der Waals surface area contributed by atoms with Gasteiger partial charge in [-0.15, -0.1) is 0 Å². The Kier molecular flexibility index (Phi) is 2.88. The molecule has 0 aliphatic carbocycles. The summed E-state index contributed by atoms with van der Waals surface area (Å²) in [4.78, 5) is 24.2. The predicted molar refractivity (Wildman–Crippen MR) is 89.2 cm³/mol. The molecule has 0 atom stereocenters. The minimum absolute atomic E-state index is 0.00125. The zero-order chi connectivity index (χ0) is 17.0. The summed E-state index contributed by atoms with van der Waals surface area (Å²) in [6, 6.07) is 10.5. The highest BCUT2D eigenvalue weighted by atomic mass is 16.7. The van der Waals surface area contributed by atoms with E-state index in [0.29, 0.717) is 35.5 Å². The molecule has 1 aromatic heterocycles. The van der Waals surface area contributed by atoms with Crippen molar-refractivity contribution in [3.8, 4) is 11.5 Å². The number of anilines is 1. The molecule has 0 saturated carbocycles. The van der Waals surface area contributed by atoms with Crippen LogP contribution < -0.4 is 14.8 Å². The maximum absolute atomic E-state index is 12.8. The van der Waals surface area contributed by atoms with Crippen LogP contribution in [0.5, 0.6) is 11.5 Å². The third-order valence-electron chi connectivity index (χ3n) is 4.50. The fraction of sp³-hybridized carbons (Fsp3) is 0.158. The van der Waals surface area contributed by atoms with Gasteiger partial charge in [0.05, 0.1) is 0 Å². The number of hydrogen-bond donors (Lipinski definition) is 1. The van der Waals surface area contributed by atoms with Crippen LogP contribution in [0.3, 0.4) is 0 Å². The Balaban J connectivity index is 1.52. The van der Waals surface area contributed by atoms with Gasteiger partial charge in [-0.2, -0.15) is 0 Å². The third-order valence-corrected chi connectivity index (χ3v) is 4.50. The first-order chi connectivity index (χ1) is 12.2. The van der Waals surface area contributed by atoms with Crippen molar-refractivity contribution in [1.29, 1.82) is 0 Å². The zero-order valence-corrected chi connectivity index (χ0v) is 13.1. The smallest absolute Gasteiger partial charge is 0.231 e. The lowest BCUT2D eigenvalue weighted by atomic mass is 9.98. The molecule has 0 bridgehead atoms. The van der Waals surface area contributed by atoms with Crippen molar-refractivity contribution < 1.29 is 23.5 Å². The van der Waals surface area contributed by atoms with Crippen molar-refractivity contribution in [2.45, 2.75) is 12.8 Å². The van der Waals surface area contributed by atoms with Gasteiger partial charge in [-0.1, -0.05) is 0 Å². The fourth-order valence-electron chi connectivity index (χ4n) is 3.21. The van der Waals surface area contributed by atoms with E-state index in [-0.39, 0.29) is 24.2 Å². The number of ether oxygens (including phenoxy) is 2. The molecule has 1 amide bonds. The molecule has 2 aliphatic rings. The van der Waals surface area contributed by atoms with Gasteiger partial charge in [-0.3, -0.25) is 9.59 Å². The molecule has 25 heavy (non-hydrogen) atoms. The van der Waals surface area contributed by atoms with Gasteiger partial charge in [0.15, 0.2) is 17.3 Å². The van der Waals surface area contributed by atoms with Gasteiger partial charge in [0.25, 0.3) is 0 Å². The van der Waals surface area contributed by atoms with Crippen molar-refractivity contribution >= 4 is 28.3 Å². The predicted octanol–water partition coefficient (Wildman–Crippen LogP) is 3.28. The summed E-state index contributed by atoms with van der Waals surface area (Å²) in [6.07, 6.45) is 1.06. The largest absolute Gasteiger partial charge is 0.454 e. The summed E-state index contributed by atoms with van der Waals surface area (Å²) >= 11 is 0. The van der Waals surface area contributed by atoms with Gasteiger partial charge in [0, 0.05) is 29.1 Å². The highest BCUT2D eigenvalue weighted by Gasteiger charge is 2.21. The molecule has 0 radical (unpaired) electrons. The van der Waals surface area contributed by atoms with Gasteiger partial charge in [-0.25, -0.2) is 0 Å². The molecule has 0 saturated heterocycles. The van der Waals surface area contributed by atoms with Crippen LogP contribution in [-0.4, -0.2) is 18.5 Å². The number of amides is 1. The van der Waals surface area contributed by atoms with Gasteiger partial charge in [-0.05, 0) is 42.3 Å². The highest BCUT2D eigenvalue weighted by Crippen LogP contribution is 2.37. The van der Waals surface area contributed by atoms with Crippen molar-refractivity contribution in [3.63, 3.8) is 0 Å². The number of furan rings is 1. The van der Waals surface area contributed by atoms with Crippen LogP contribution in [0.25, 0.3) is 11.0 Å². The van der Waals surface area contributed by atoms with E-state index >= 15 is 0 Å². The number of aryl methyl sites for hydroxylation is 1. The number of carbonyl (C=O) groups is 2. The number of fused-ring (bicyclic) bond motifs is 3. The van der Waals surface area contributed by atoms with E-state index in [2.05, 4.69) is 5.32 Å². The molecule has 2 aliphatic heterocycles. The Morgan fingerprint density at radius 3 is 2.72 bits per heavy atom. The van der Waals surface area contributed by atoms with Gasteiger partial charge in [0.2, 0.25) is 18.5 Å². The van der Waals surface area contributed by atoms with Crippen molar-refractivity contribution in [2.75, 3.05) is 12.1 Å². The summed E-state index contributed by atoms with van der Waals surface area (Å²) < 4.78 is 16.4. The zero-order valence-electron chi connectivity index (χ0n) is 13.1. The van der Waals surface area contributed by atoms with Crippen molar-refractivity contribution in [1.82, 2.24) is 0 Å². The van der Waals surface area contributed by atoms with E-state index in [1.807, 2.05) is 6.07 Å². The lowest BCUT2D eigenvalue weighted by Crippen LogP contribution is -2.19. The highest BCUT2D eigenvalue weighted by molar-refractivity contribution is 6.09. The van der Waals surface area contributed by atoms with Gasteiger partial charge < -0.3 is 19.2 Å². The van der Waals surface area contributed by atoms with E-state index in [9.17, 15) is 9.59 Å². The summed E-state index contributed by atoms with van der Waals surface area (Å²) in [5.74, 6) is 1.33. The summed E-state index contributed by atoms with van der Waals surface area (Å²) in [7, 11) is 0. The first-order valence-corrected chi connectivity index (χ1v) is 7.98. The Morgan fingerprint density at radius 2 is 1.84 bits per heavy atom. The minimum atomic E-state index is -0.196. The Bertz CT molecular complexity index is 1010. The molecule has 0 unspecified atom stereocenters.